The van der Waals surface area contributed by atoms with Crippen molar-refractivity contribution in [3.63, 3.8) is 0 Å². The van der Waals surface area contributed by atoms with E-state index in [1.807, 2.05) is 44.2 Å². The molecule has 1 aromatic rings. The van der Waals surface area contributed by atoms with E-state index < -0.39 is 0 Å². The molecule has 0 aromatic heterocycles. The van der Waals surface area contributed by atoms with Gasteiger partial charge in [0.25, 0.3) is 0 Å². The highest BCUT2D eigenvalue weighted by atomic mass is 32.2. The number of thioether (sulfide) groups is 1. The molecule has 0 amide bonds. The maximum atomic E-state index is 12.5. The van der Waals surface area contributed by atoms with Crippen LogP contribution in [0.5, 0.6) is 0 Å². The highest BCUT2D eigenvalue weighted by Crippen LogP contribution is 2.37. The third-order valence-corrected chi connectivity index (χ3v) is 4.73. The molecule has 0 heterocycles. The van der Waals surface area contributed by atoms with Crippen LogP contribution in [0.25, 0.3) is 0 Å². The standard InChI is InChI=1S/C19H23NO2S/c1-4-10-20-18(23-13-14-8-6-5-7-9-14)17-15(21)11-19(2,3)12-16(17)22/h4-9,21H,1,10-13H2,2-3H3. The molecule has 0 spiro atoms. The molecule has 1 N–H and O–H groups in total. The first-order chi connectivity index (χ1) is 10.9. The van der Waals surface area contributed by atoms with Crippen molar-refractivity contribution in [2.45, 2.75) is 32.4 Å². The maximum absolute atomic E-state index is 12.5. The fourth-order valence-electron chi connectivity index (χ4n) is 2.60. The minimum absolute atomic E-state index is 0.0258. The van der Waals surface area contributed by atoms with Gasteiger partial charge in [0.05, 0.1) is 12.1 Å². The topological polar surface area (TPSA) is 49.7 Å². The van der Waals surface area contributed by atoms with Crippen LogP contribution in [0.4, 0.5) is 0 Å². The summed E-state index contributed by atoms with van der Waals surface area (Å²) < 4.78 is 0. The highest BCUT2D eigenvalue weighted by molar-refractivity contribution is 8.13. The lowest BCUT2D eigenvalue weighted by atomic mass is 9.77. The number of rotatable bonds is 5. The normalized spacial score (nSPS) is 18.2. The van der Waals surface area contributed by atoms with Crippen molar-refractivity contribution >= 4 is 22.6 Å². The number of allylic oxidation sites excluding steroid dienone is 1. The molecule has 23 heavy (non-hydrogen) atoms. The highest BCUT2D eigenvalue weighted by Gasteiger charge is 2.35. The Labute approximate surface area is 142 Å². The van der Waals surface area contributed by atoms with Gasteiger partial charge < -0.3 is 5.11 Å². The Bertz CT molecular complexity index is 645. The molecule has 0 bridgehead atoms. The number of aliphatic hydroxyl groups excluding tert-OH is 1. The molecular weight excluding hydrogens is 306 g/mol. The van der Waals surface area contributed by atoms with E-state index in [1.54, 1.807) is 6.08 Å². The second-order valence-electron chi connectivity index (χ2n) is 6.47. The summed E-state index contributed by atoms with van der Waals surface area (Å²) in [5, 5.41) is 11.0. The minimum Gasteiger partial charge on any atom is -0.511 e. The quantitative estimate of drug-likeness (QED) is 0.484. The average Bonchev–Trinajstić information content (AvgIpc) is 2.48. The van der Waals surface area contributed by atoms with Crippen LogP contribution >= 0.6 is 11.8 Å². The zero-order valence-corrected chi connectivity index (χ0v) is 14.5. The SMILES string of the molecule is C=CCN=C(SCc1ccccc1)C1=C(O)CC(C)(C)CC1=O. The Morgan fingerprint density at radius 1 is 1.35 bits per heavy atom. The number of ketones is 1. The number of carbonyl (C=O) groups excluding carboxylic acids is 1. The van der Waals surface area contributed by atoms with Crippen LogP contribution in [0, 0.1) is 5.41 Å². The van der Waals surface area contributed by atoms with Gasteiger partial charge in [0.1, 0.15) is 10.8 Å². The summed E-state index contributed by atoms with van der Waals surface area (Å²) >= 11 is 1.49. The summed E-state index contributed by atoms with van der Waals surface area (Å²) in [6, 6.07) is 10.0. The first kappa shape index (κ1) is 17.5. The Kier molecular flexibility index (Phi) is 5.83. The van der Waals surface area contributed by atoms with Crippen molar-refractivity contribution in [2.75, 3.05) is 6.54 Å². The molecule has 0 radical (unpaired) electrons. The number of hydrogen-bond acceptors (Lipinski definition) is 4. The van der Waals surface area contributed by atoms with Gasteiger partial charge in [0.15, 0.2) is 5.78 Å². The van der Waals surface area contributed by atoms with Gasteiger partial charge in [-0.25, -0.2) is 0 Å². The summed E-state index contributed by atoms with van der Waals surface area (Å²) in [7, 11) is 0. The van der Waals surface area contributed by atoms with E-state index in [2.05, 4.69) is 11.6 Å². The van der Waals surface area contributed by atoms with Crippen molar-refractivity contribution in [3.8, 4) is 0 Å². The lowest BCUT2D eigenvalue weighted by Gasteiger charge is -2.29. The minimum atomic E-state index is -0.196. The fourth-order valence-corrected chi connectivity index (χ4v) is 3.64. The average molecular weight is 329 g/mol. The van der Waals surface area contributed by atoms with Gasteiger partial charge in [-0.2, -0.15) is 0 Å². The molecule has 1 aliphatic rings. The number of aliphatic hydroxyl groups is 1. The van der Waals surface area contributed by atoms with E-state index in [4.69, 9.17) is 0 Å². The first-order valence-electron chi connectivity index (χ1n) is 7.71. The molecule has 0 unspecified atom stereocenters. The molecule has 4 heteroatoms. The van der Waals surface area contributed by atoms with Crippen LogP contribution in [-0.2, 0) is 10.5 Å². The largest absolute Gasteiger partial charge is 0.511 e. The molecule has 1 aromatic carbocycles. The van der Waals surface area contributed by atoms with E-state index in [0.29, 0.717) is 35.8 Å². The van der Waals surface area contributed by atoms with Crippen LogP contribution in [0.2, 0.25) is 0 Å². The smallest absolute Gasteiger partial charge is 0.169 e. The Hall–Kier alpha value is -1.81. The lowest BCUT2D eigenvalue weighted by Crippen LogP contribution is -2.28. The summed E-state index contributed by atoms with van der Waals surface area (Å²) in [6.45, 7) is 8.10. The predicted molar refractivity (Wildman–Crippen MR) is 97.9 cm³/mol. The Morgan fingerprint density at radius 2 is 2.04 bits per heavy atom. The van der Waals surface area contributed by atoms with Crippen LogP contribution in [0.1, 0.15) is 32.3 Å². The molecule has 122 valence electrons. The third kappa shape index (κ3) is 4.83. The van der Waals surface area contributed by atoms with Crippen molar-refractivity contribution in [1.29, 1.82) is 0 Å². The van der Waals surface area contributed by atoms with Crippen LogP contribution in [-0.4, -0.2) is 22.5 Å². The second-order valence-corrected chi connectivity index (χ2v) is 7.44. The Morgan fingerprint density at radius 3 is 2.65 bits per heavy atom. The van der Waals surface area contributed by atoms with Crippen LogP contribution in [0.15, 0.2) is 59.3 Å². The second kappa shape index (κ2) is 7.64. The molecule has 0 fully saturated rings. The molecule has 0 atom stereocenters. The maximum Gasteiger partial charge on any atom is 0.169 e. The van der Waals surface area contributed by atoms with Crippen molar-refractivity contribution < 1.29 is 9.90 Å². The number of hydrogen-bond donors (Lipinski definition) is 1. The van der Waals surface area contributed by atoms with E-state index in [9.17, 15) is 9.90 Å². The number of nitrogens with zero attached hydrogens (tertiary/aromatic N) is 1. The fraction of sp³-hybridized carbons (Fsp3) is 0.368. The van der Waals surface area contributed by atoms with E-state index in [1.165, 1.54) is 11.8 Å². The first-order valence-corrected chi connectivity index (χ1v) is 8.69. The summed E-state index contributed by atoms with van der Waals surface area (Å²) in [6.07, 6.45) is 2.64. The van der Waals surface area contributed by atoms with Crippen LogP contribution in [0.3, 0.4) is 0 Å². The van der Waals surface area contributed by atoms with E-state index in [-0.39, 0.29) is 17.0 Å². The zero-order valence-electron chi connectivity index (χ0n) is 13.7. The molecule has 0 aliphatic heterocycles. The lowest BCUT2D eigenvalue weighted by molar-refractivity contribution is -0.117. The molecule has 3 nitrogen and oxygen atoms in total. The van der Waals surface area contributed by atoms with E-state index in [0.717, 1.165) is 5.56 Å². The number of benzene rings is 1. The third-order valence-electron chi connectivity index (χ3n) is 3.65. The molecule has 2 rings (SSSR count). The monoisotopic (exact) mass is 329 g/mol. The van der Waals surface area contributed by atoms with Gasteiger partial charge in [-0.1, -0.05) is 50.3 Å². The van der Waals surface area contributed by atoms with Gasteiger partial charge >= 0.3 is 0 Å². The number of aliphatic imine (C=N–C) groups is 1. The predicted octanol–water partition coefficient (Wildman–Crippen LogP) is 4.71. The summed E-state index contributed by atoms with van der Waals surface area (Å²) in [5.74, 6) is 0.848. The Balaban J connectivity index is 2.24. The van der Waals surface area contributed by atoms with Gasteiger partial charge in [-0.05, 0) is 11.0 Å². The zero-order chi connectivity index (χ0) is 16.9. The summed E-state index contributed by atoms with van der Waals surface area (Å²) in [4.78, 5) is 17.0. The number of Topliss-reactive ketones (excluding diaryl/α,β-unsaturated/α-hetero) is 1. The van der Waals surface area contributed by atoms with Crippen LogP contribution < -0.4 is 0 Å². The number of carbonyl (C=O) groups is 1. The van der Waals surface area contributed by atoms with Crippen molar-refractivity contribution in [3.05, 3.63) is 59.9 Å². The van der Waals surface area contributed by atoms with Gasteiger partial charge in [0.2, 0.25) is 0 Å². The molecule has 0 saturated carbocycles. The van der Waals surface area contributed by atoms with Gasteiger partial charge in [-0.3, -0.25) is 9.79 Å². The molecule has 1 aliphatic carbocycles. The van der Waals surface area contributed by atoms with Crippen molar-refractivity contribution in [1.82, 2.24) is 0 Å². The van der Waals surface area contributed by atoms with Crippen molar-refractivity contribution in [2.24, 2.45) is 10.4 Å². The van der Waals surface area contributed by atoms with E-state index >= 15 is 0 Å². The molecular formula is C19H23NO2S. The van der Waals surface area contributed by atoms with Gasteiger partial charge in [0, 0.05) is 18.6 Å². The molecule has 0 saturated heterocycles. The summed E-state index contributed by atoms with van der Waals surface area (Å²) in [5.41, 5.74) is 1.36. The van der Waals surface area contributed by atoms with Gasteiger partial charge in [-0.15, -0.1) is 18.3 Å².